The van der Waals surface area contributed by atoms with Crippen molar-refractivity contribution in [1.82, 2.24) is 10.2 Å². The lowest BCUT2D eigenvalue weighted by Gasteiger charge is -2.34. The zero-order valence-corrected chi connectivity index (χ0v) is 11.7. The first-order chi connectivity index (χ1) is 8.37. The minimum Gasteiger partial charge on any atom is -0.351 e. The van der Waals surface area contributed by atoms with Crippen LogP contribution in [0.2, 0.25) is 0 Å². The van der Waals surface area contributed by atoms with E-state index in [-0.39, 0.29) is 29.2 Å². The van der Waals surface area contributed by atoms with Gasteiger partial charge in [0, 0.05) is 24.5 Å². The van der Waals surface area contributed by atoms with Gasteiger partial charge in [-0.05, 0) is 46.5 Å². The molecule has 0 aromatic heterocycles. The number of hydrogen-bond acceptors (Lipinski definition) is 2. The van der Waals surface area contributed by atoms with Gasteiger partial charge in [0.15, 0.2) is 0 Å². The maximum absolute atomic E-state index is 12.1. The molecule has 1 heterocycles. The molecule has 1 N–H and O–H groups in total. The molecular weight excluding hydrogens is 228 g/mol. The van der Waals surface area contributed by atoms with E-state index in [1.165, 1.54) is 0 Å². The molecule has 2 aliphatic rings. The minimum atomic E-state index is -0.195. The standard InChI is InChI=1S/C14H24N2O2/c1-14(2,3)15-12(17)11-5-4-8-16(9-11)13(18)10-6-7-10/h10-11H,4-9H2,1-3H3,(H,15,17). The Labute approximate surface area is 109 Å². The molecule has 0 bridgehead atoms. The monoisotopic (exact) mass is 252 g/mol. The average Bonchev–Trinajstić information content (AvgIpc) is 3.10. The number of carbonyl (C=O) groups excluding carboxylic acids is 2. The van der Waals surface area contributed by atoms with Crippen LogP contribution in [0.5, 0.6) is 0 Å². The molecule has 0 spiro atoms. The van der Waals surface area contributed by atoms with E-state index >= 15 is 0 Å². The second-order valence-electron chi connectivity index (χ2n) is 6.64. The summed E-state index contributed by atoms with van der Waals surface area (Å²) in [6.07, 6.45) is 3.92. The molecule has 4 nitrogen and oxygen atoms in total. The molecule has 2 fully saturated rings. The number of piperidine rings is 1. The van der Waals surface area contributed by atoms with Crippen molar-refractivity contribution in [1.29, 1.82) is 0 Å². The Morgan fingerprint density at radius 3 is 2.33 bits per heavy atom. The van der Waals surface area contributed by atoms with Gasteiger partial charge in [0.25, 0.3) is 0 Å². The summed E-state index contributed by atoms with van der Waals surface area (Å²) in [5, 5.41) is 3.02. The van der Waals surface area contributed by atoms with Crippen molar-refractivity contribution in [3.8, 4) is 0 Å². The molecule has 1 saturated carbocycles. The van der Waals surface area contributed by atoms with E-state index in [1.54, 1.807) is 0 Å². The SMILES string of the molecule is CC(C)(C)NC(=O)C1CCCN(C(=O)C2CC2)C1. The van der Waals surface area contributed by atoms with Crippen LogP contribution in [0.25, 0.3) is 0 Å². The van der Waals surface area contributed by atoms with Gasteiger partial charge in [-0.1, -0.05) is 0 Å². The maximum Gasteiger partial charge on any atom is 0.225 e. The quantitative estimate of drug-likeness (QED) is 0.810. The molecule has 0 radical (unpaired) electrons. The zero-order chi connectivity index (χ0) is 13.3. The molecule has 2 amide bonds. The van der Waals surface area contributed by atoms with E-state index in [4.69, 9.17) is 0 Å². The first-order valence-corrected chi connectivity index (χ1v) is 6.97. The normalized spacial score (nSPS) is 24.8. The highest BCUT2D eigenvalue weighted by atomic mass is 16.2. The van der Waals surface area contributed by atoms with Crippen molar-refractivity contribution in [2.45, 2.75) is 52.0 Å². The number of carbonyl (C=O) groups is 2. The number of rotatable bonds is 2. The Morgan fingerprint density at radius 1 is 1.11 bits per heavy atom. The summed E-state index contributed by atoms with van der Waals surface area (Å²) < 4.78 is 0. The van der Waals surface area contributed by atoms with Gasteiger partial charge in [-0.25, -0.2) is 0 Å². The first-order valence-electron chi connectivity index (χ1n) is 6.97. The van der Waals surface area contributed by atoms with E-state index in [0.717, 1.165) is 32.2 Å². The second-order valence-corrected chi connectivity index (χ2v) is 6.64. The predicted octanol–water partition coefficient (Wildman–Crippen LogP) is 1.55. The van der Waals surface area contributed by atoms with E-state index in [1.807, 2.05) is 25.7 Å². The van der Waals surface area contributed by atoms with Gasteiger partial charge in [0.1, 0.15) is 0 Å². The Kier molecular flexibility index (Phi) is 3.64. The molecule has 1 unspecified atom stereocenters. The molecular formula is C14H24N2O2. The van der Waals surface area contributed by atoms with Crippen molar-refractivity contribution in [3.05, 3.63) is 0 Å². The fourth-order valence-corrected chi connectivity index (χ4v) is 2.45. The van der Waals surface area contributed by atoms with Crippen LogP contribution < -0.4 is 5.32 Å². The zero-order valence-electron chi connectivity index (χ0n) is 11.7. The van der Waals surface area contributed by atoms with Crippen molar-refractivity contribution >= 4 is 11.8 Å². The molecule has 1 saturated heterocycles. The van der Waals surface area contributed by atoms with Crippen LogP contribution >= 0.6 is 0 Å². The van der Waals surface area contributed by atoms with Gasteiger partial charge >= 0.3 is 0 Å². The van der Waals surface area contributed by atoms with Gasteiger partial charge in [0.2, 0.25) is 11.8 Å². The van der Waals surface area contributed by atoms with E-state index in [0.29, 0.717) is 6.54 Å². The number of hydrogen-bond donors (Lipinski definition) is 1. The predicted molar refractivity (Wildman–Crippen MR) is 69.9 cm³/mol. The fourth-order valence-electron chi connectivity index (χ4n) is 2.45. The largest absolute Gasteiger partial charge is 0.351 e. The third-order valence-corrected chi connectivity index (χ3v) is 3.53. The summed E-state index contributed by atoms with van der Waals surface area (Å²) in [5.41, 5.74) is -0.195. The van der Waals surface area contributed by atoms with Crippen LogP contribution in [0.3, 0.4) is 0 Å². The summed E-state index contributed by atoms with van der Waals surface area (Å²) in [7, 11) is 0. The summed E-state index contributed by atoms with van der Waals surface area (Å²) >= 11 is 0. The van der Waals surface area contributed by atoms with Crippen LogP contribution in [0.1, 0.15) is 46.5 Å². The smallest absolute Gasteiger partial charge is 0.225 e. The van der Waals surface area contributed by atoms with Crippen LogP contribution in [-0.4, -0.2) is 35.3 Å². The summed E-state index contributed by atoms with van der Waals surface area (Å²) in [4.78, 5) is 26.0. The third-order valence-electron chi connectivity index (χ3n) is 3.53. The Bertz CT molecular complexity index is 342. The summed E-state index contributed by atoms with van der Waals surface area (Å²) in [5.74, 6) is 0.592. The van der Waals surface area contributed by atoms with Crippen molar-refractivity contribution in [3.63, 3.8) is 0 Å². The Balaban J connectivity index is 1.89. The van der Waals surface area contributed by atoms with Crippen LogP contribution in [0, 0.1) is 11.8 Å². The van der Waals surface area contributed by atoms with E-state index in [9.17, 15) is 9.59 Å². The second kappa shape index (κ2) is 4.90. The highest BCUT2D eigenvalue weighted by molar-refractivity contribution is 5.83. The lowest BCUT2D eigenvalue weighted by molar-refractivity contribution is -0.137. The summed E-state index contributed by atoms with van der Waals surface area (Å²) in [6, 6.07) is 0. The fraction of sp³-hybridized carbons (Fsp3) is 0.857. The number of likely N-dealkylation sites (tertiary alicyclic amines) is 1. The van der Waals surface area contributed by atoms with Crippen molar-refractivity contribution in [2.75, 3.05) is 13.1 Å². The maximum atomic E-state index is 12.1. The molecule has 1 atom stereocenters. The molecule has 18 heavy (non-hydrogen) atoms. The van der Waals surface area contributed by atoms with Crippen LogP contribution in [0.4, 0.5) is 0 Å². The Hall–Kier alpha value is -1.06. The molecule has 1 aliphatic heterocycles. The molecule has 0 aromatic carbocycles. The minimum absolute atomic E-state index is 0.0272. The van der Waals surface area contributed by atoms with E-state index in [2.05, 4.69) is 5.32 Å². The molecule has 1 aliphatic carbocycles. The third kappa shape index (κ3) is 3.47. The van der Waals surface area contributed by atoms with Gasteiger partial charge < -0.3 is 10.2 Å². The average molecular weight is 252 g/mol. The Morgan fingerprint density at radius 2 is 1.78 bits per heavy atom. The van der Waals surface area contributed by atoms with Crippen molar-refractivity contribution < 1.29 is 9.59 Å². The number of amides is 2. The van der Waals surface area contributed by atoms with Gasteiger partial charge in [-0.2, -0.15) is 0 Å². The highest BCUT2D eigenvalue weighted by Gasteiger charge is 2.37. The van der Waals surface area contributed by atoms with Gasteiger partial charge in [-0.15, -0.1) is 0 Å². The first kappa shape index (κ1) is 13.4. The van der Waals surface area contributed by atoms with Crippen molar-refractivity contribution in [2.24, 2.45) is 11.8 Å². The van der Waals surface area contributed by atoms with E-state index < -0.39 is 0 Å². The number of nitrogens with one attached hydrogen (secondary N) is 1. The molecule has 2 rings (SSSR count). The number of nitrogens with zero attached hydrogens (tertiary/aromatic N) is 1. The lowest BCUT2D eigenvalue weighted by Crippen LogP contribution is -2.50. The van der Waals surface area contributed by atoms with Crippen LogP contribution in [0.15, 0.2) is 0 Å². The lowest BCUT2D eigenvalue weighted by atomic mass is 9.95. The highest BCUT2D eigenvalue weighted by Crippen LogP contribution is 2.32. The van der Waals surface area contributed by atoms with Gasteiger partial charge in [0.05, 0.1) is 5.92 Å². The molecule has 4 heteroatoms. The van der Waals surface area contributed by atoms with Gasteiger partial charge in [-0.3, -0.25) is 9.59 Å². The molecule has 102 valence electrons. The summed E-state index contributed by atoms with van der Waals surface area (Å²) in [6.45, 7) is 7.40. The van der Waals surface area contributed by atoms with Crippen LogP contribution in [-0.2, 0) is 9.59 Å². The molecule has 0 aromatic rings. The topological polar surface area (TPSA) is 49.4 Å².